The zero-order valence-corrected chi connectivity index (χ0v) is 12.7. The smallest absolute Gasteiger partial charge is 0.289 e. The number of hydrogen-bond acceptors (Lipinski definition) is 4. The maximum Gasteiger partial charge on any atom is 0.289 e. The fraction of sp³-hybridized carbons (Fsp3) is 0.353. The van der Waals surface area contributed by atoms with E-state index in [-0.39, 0.29) is 24.4 Å². The maximum atomic E-state index is 12.8. The summed E-state index contributed by atoms with van der Waals surface area (Å²) in [6.07, 6.45) is 1.90. The van der Waals surface area contributed by atoms with Crippen LogP contribution in [0.4, 0.5) is 4.39 Å². The van der Waals surface area contributed by atoms with Gasteiger partial charge in [0.2, 0.25) is 0 Å². The van der Waals surface area contributed by atoms with E-state index in [4.69, 9.17) is 14.9 Å². The van der Waals surface area contributed by atoms with Crippen molar-refractivity contribution in [2.45, 2.75) is 25.5 Å². The molecule has 2 aromatic rings. The van der Waals surface area contributed by atoms with Crippen LogP contribution in [0.1, 0.15) is 29.2 Å². The molecule has 1 fully saturated rings. The van der Waals surface area contributed by atoms with Crippen molar-refractivity contribution < 1.29 is 18.3 Å². The van der Waals surface area contributed by atoms with Crippen molar-refractivity contribution in [2.75, 3.05) is 13.1 Å². The lowest BCUT2D eigenvalue weighted by atomic mass is 10.2. The largest absolute Gasteiger partial charge is 0.486 e. The van der Waals surface area contributed by atoms with E-state index in [2.05, 4.69) is 0 Å². The van der Waals surface area contributed by atoms with Crippen molar-refractivity contribution in [2.24, 2.45) is 5.73 Å². The average molecular weight is 318 g/mol. The first-order valence-electron chi connectivity index (χ1n) is 7.65. The zero-order chi connectivity index (χ0) is 16.2. The molecule has 0 aliphatic carbocycles. The summed E-state index contributed by atoms with van der Waals surface area (Å²) in [6, 6.07) is 9.19. The quantitative estimate of drug-likeness (QED) is 0.920. The molecule has 2 N–H and O–H groups in total. The standard InChI is InChI=1S/C17H19FN2O3/c18-12-3-5-14(6-4-12)22-11-15-7-8-16(23-15)17(21)20-9-1-2-13(20)10-19/h3-8,13H,1-2,9-11,19H2/t13-/m1/s1. The molecule has 0 saturated carbocycles. The van der Waals surface area contributed by atoms with E-state index in [1.807, 2.05) is 0 Å². The predicted molar refractivity (Wildman–Crippen MR) is 82.6 cm³/mol. The molecule has 5 nitrogen and oxygen atoms in total. The summed E-state index contributed by atoms with van der Waals surface area (Å²) >= 11 is 0. The number of hydrogen-bond donors (Lipinski definition) is 1. The Morgan fingerprint density at radius 1 is 1.30 bits per heavy atom. The highest BCUT2D eigenvalue weighted by atomic mass is 19.1. The van der Waals surface area contributed by atoms with Crippen LogP contribution in [-0.2, 0) is 6.61 Å². The number of benzene rings is 1. The van der Waals surface area contributed by atoms with Gasteiger partial charge in [-0.05, 0) is 49.2 Å². The van der Waals surface area contributed by atoms with Gasteiger partial charge in [0.05, 0.1) is 0 Å². The minimum absolute atomic E-state index is 0.0894. The van der Waals surface area contributed by atoms with Crippen LogP contribution in [0.5, 0.6) is 5.75 Å². The molecule has 0 spiro atoms. The van der Waals surface area contributed by atoms with Gasteiger partial charge in [0, 0.05) is 19.1 Å². The van der Waals surface area contributed by atoms with Gasteiger partial charge in [-0.2, -0.15) is 0 Å². The Kier molecular flexibility index (Phi) is 4.62. The summed E-state index contributed by atoms with van der Waals surface area (Å²) < 4.78 is 23.9. The number of carbonyl (C=O) groups excluding carboxylic acids is 1. The Morgan fingerprint density at radius 3 is 2.83 bits per heavy atom. The summed E-state index contributed by atoms with van der Waals surface area (Å²) in [6.45, 7) is 1.36. The normalized spacial score (nSPS) is 17.5. The molecule has 1 aromatic heterocycles. The highest BCUT2D eigenvalue weighted by Gasteiger charge is 2.29. The number of furan rings is 1. The molecule has 0 radical (unpaired) electrons. The summed E-state index contributed by atoms with van der Waals surface area (Å²) in [4.78, 5) is 14.2. The van der Waals surface area contributed by atoms with Crippen LogP contribution in [0.15, 0.2) is 40.8 Å². The maximum absolute atomic E-state index is 12.8. The topological polar surface area (TPSA) is 68.7 Å². The molecule has 1 aliphatic rings. The number of rotatable bonds is 5. The van der Waals surface area contributed by atoms with Crippen molar-refractivity contribution in [3.63, 3.8) is 0 Å². The van der Waals surface area contributed by atoms with E-state index in [0.717, 1.165) is 12.8 Å². The third-order valence-corrected chi connectivity index (χ3v) is 3.98. The molecule has 0 bridgehead atoms. The van der Waals surface area contributed by atoms with Crippen molar-refractivity contribution in [1.29, 1.82) is 0 Å². The monoisotopic (exact) mass is 318 g/mol. The molecular formula is C17H19FN2O3. The van der Waals surface area contributed by atoms with Gasteiger partial charge < -0.3 is 19.8 Å². The first-order chi connectivity index (χ1) is 11.2. The number of ether oxygens (including phenoxy) is 1. The molecule has 122 valence electrons. The molecule has 1 saturated heterocycles. The van der Waals surface area contributed by atoms with E-state index in [0.29, 0.717) is 30.4 Å². The molecule has 1 aromatic carbocycles. The van der Waals surface area contributed by atoms with Gasteiger partial charge in [-0.3, -0.25) is 4.79 Å². The van der Waals surface area contributed by atoms with Crippen molar-refractivity contribution >= 4 is 5.91 Å². The number of amides is 1. The van der Waals surface area contributed by atoms with E-state index in [1.54, 1.807) is 29.2 Å². The van der Waals surface area contributed by atoms with Gasteiger partial charge in [-0.1, -0.05) is 0 Å². The second-order valence-electron chi connectivity index (χ2n) is 5.54. The van der Waals surface area contributed by atoms with Gasteiger partial charge in [0.25, 0.3) is 5.91 Å². The van der Waals surface area contributed by atoms with E-state index in [9.17, 15) is 9.18 Å². The number of likely N-dealkylation sites (tertiary alicyclic amines) is 1. The second kappa shape index (κ2) is 6.83. The number of nitrogens with two attached hydrogens (primary N) is 1. The zero-order valence-electron chi connectivity index (χ0n) is 12.7. The fourth-order valence-electron chi connectivity index (χ4n) is 2.75. The number of halogens is 1. The Balaban J connectivity index is 1.61. The van der Waals surface area contributed by atoms with Gasteiger partial charge in [0.15, 0.2) is 5.76 Å². The van der Waals surface area contributed by atoms with Crippen LogP contribution in [0.3, 0.4) is 0 Å². The van der Waals surface area contributed by atoms with Crippen LogP contribution in [0, 0.1) is 5.82 Å². The lowest BCUT2D eigenvalue weighted by Gasteiger charge is -2.22. The first kappa shape index (κ1) is 15.6. The summed E-state index contributed by atoms with van der Waals surface area (Å²) in [5, 5.41) is 0. The van der Waals surface area contributed by atoms with Gasteiger partial charge in [-0.15, -0.1) is 0 Å². The highest BCUT2D eigenvalue weighted by Crippen LogP contribution is 2.21. The third kappa shape index (κ3) is 3.53. The molecule has 1 amide bonds. The van der Waals surface area contributed by atoms with Gasteiger partial charge >= 0.3 is 0 Å². The van der Waals surface area contributed by atoms with Crippen LogP contribution in [0.25, 0.3) is 0 Å². The van der Waals surface area contributed by atoms with Gasteiger partial charge in [0.1, 0.15) is 23.9 Å². The molecule has 1 aliphatic heterocycles. The van der Waals surface area contributed by atoms with Crippen LogP contribution in [0.2, 0.25) is 0 Å². The Bertz CT molecular complexity index is 669. The Hall–Kier alpha value is -2.34. The molecule has 0 unspecified atom stereocenters. The number of carbonyl (C=O) groups is 1. The van der Waals surface area contributed by atoms with E-state index < -0.39 is 0 Å². The molecule has 23 heavy (non-hydrogen) atoms. The lowest BCUT2D eigenvalue weighted by Crippen LogP contribution is -2.39. The lowest BCUT2D eigenvalue weighted by molar-refractivity contribution is 0.0705. The number of nitrogens with zero attached hydrogens (tertiary/aromatic N) is 1. The van der Waals surface area contributed by atoms with Crippen molar-refractivity contribution in [3.8, 4) is 5.75 Å². The van der Waals surface area contributed by atoms with E-state index in [1.165, 1.54) is 12.1 Å². The summed E-state index contributed by atoms with van der Waals surface area (Å²) in [7, 11) is 0. The molecule has 1 atom stereocenters. The summed E-state index contributed by atoms with van der Waals surface area (Å²) in [5.41, 5.74) is 5.70. The predicted octanol–water partition coefficient (Wildman–Crippen LogP) is 2.56. The first-order valence-corrected chi connectivity index (χ1v) is 7.65. The Morgan fingerprint density at radius 2 is 2.09 bits per heavy atom. The average Bonchev–Trinajstić information content (AvgIpc) is 3.23. The van der Waals surface area contributed by atoms with Crippen molar-refractivity contribution in [1.82, 2.24) is 4.90 Å². The minimum Gasteiger partial charge on any atom is -0.486 e. The molecule has 6 heteroatoms. The second-order valence-corrected chi connectivity index (χ2v) is 5.54. The van der Waals surface area contributed by atoms with Crippen LogP contribution >= 0.6 is 0 Å². The molecule has 2 heterocycles. The third-order valence-electron chi connectivity index (χ3n) is 3.98. The highest BCUT2D eigenvalue weighted by molar-refractivity contribution is 5.92. The van der Waals surface area contributed by atoms with Crippen LogP contribution in [-0.4, -0.2) is 29.9 Å². The minimum atomic E-state index is -0.316. The SMILES string of the molecule is NC[C@H]1CCCN1C(=O)c1ccc(COc2ccc(F)cc2)o1. The van der Waals surface area contributed by atoms with Crippen molar-refractivity contribution in [3.05, 3.63) is 53.7 Å². The summed E-state index contributed by atoms with van der Waals surface area (Å²) in [5.74, 6) is 0.928. The fourth-order valence-corrected chi connectivity index (χ4v) is 2.75. The van der Waals surface area contributed by atoms with E-state index >= 15 is 0 Å². The molecule has 3 rings (SSSR count). The van der Waals surface area contributed by atoms with Gasteiger partial charge in [-0.25, -0.2) is 4.39 Å². The Labute approximate surface area is 133 Å². The van der Waals surface area contributed by atoms with Crippen LogP contribution < -0.4 is 10.5 Å². The molecular weight excluding hydrogens is 299 g/mol.